The molecule has 0 heterocycles. The van der Waals surface area contributed by atoms with Crippen LogP contribution in [0.15, 0.2) is 36.4 Å². The molecule has 4 nitrogen and oxygen atoms in total. The van der Waals surface area contributed by atoms with Crippen molar-refractivity contribution < 1.29 is 14.3 Å². The molecular weight excluding hydrogens is 362 g/mol. The standard InChI is InChI=1S/C25H35NO3/c1-17(2)29-23-16-19(4)10-12-21(23)26-24(27)25(6,7)13-8-14-28-22-15-18(3)9-11-20(22)5/h9-12,15-17H,8,13-14H2,1-7H3,(H,26,27). The van der Waals surface area contributed by atoms with Crippen LogP contribution in [0.1, 0.15) is 57.2 Å². The van der Waals surface area contributed by atoms with Crippen molar-refractivity contribution in [2.75, 3.05) is 11.9 Å². The van der Waals surface area contributed by atoms with Gasteiger partial charge >= 0.3 is 0 Å². The molecule has 0 atom stereocenters. The fourth-order valence-corrected chi connectivity index (χ4v) is 3.05. The highest BCUT2D eigenvalue weighted by Gasteiger charge is 2.28. The van der Waals surface area contributed by atoms with Crippen LogP contribution in [0.25, 0.3) is 0 Å². The summed E-state index contributed by atoms with van der Waals surface area (Å²) in [6.07, 6.45) is 1.58. The Bertz CT molecular complexity index is 840. The molecule has 0 aliphatic heterocycles. The fraction of sp³-hybridized carbons (Fsp3) is 0.480. The number of anilines is 1. The van der Waals surface area contributed by atoms with Crippen molar-refractivity contribution in [3.8, 4) is 11.5 Å². The first-order chi connectivity index (χ1) is 13.6. The van der Waals surface area contributed by atoms with Gasteiger partial charge in [0.15, 0.2) is 0 Å². The van der Waals surface area contributed by atoms with Crippen molar-refractivity contribution in [1.29, 1.82) is 0 Å². The predicted octanol–water partition coefficient (Wildman–Crippen LogP) is 6.22. The Labute approximate surface area is 175 Å². The lowest BCUT2D eigenvalue weighted by Gasteiger charge is -2.25. The molecule has 2 rings (SSSR count). The average molecular weight is 398 g/mol. The molecule has 2 aromatic rings. The van der Waals surface area contributed by atoms with Gasteiger partial charge in [-0.15, -0.1) is 0 Å². The van der Waals surface area contributed by atoms with E-state index >= 15 is 0 Å². The minimum absolute atomic E-state index is 0.0123. The van der Waals surface area contributed by atoms with E-state index in [0.717, 1.165) is 29.7 Å². The van der Waals surface area contributed by atoms with E-state index in [1.807, 2.05) is 59.7 Å². The van der Waals surface area contributed by atoms with Crippen molar-refractivity contribution in [2.45, 2.75) is 67.4 Å². The van der Waals surface area contributed by atoms with E-state index in [1.165, 1.54) is 5.56 Å². The lowest BCUT2D eigenvalue weighted by Crippen LogP contribution is -2.31. The van der Waals surface area contributed by atoms with Gasteiger partial charge in [-0.3, -0.25) is 4.79 Å². The summed E-state index contributed by atoms with van der Waals surface area (Å²) >= 11 is 0. The third-order valence-electron chi connectivity index (χ3n) is 4.91. The number of hydrogen-bond donors (Lipinski definition) is 1. The van der Waals surface area contributed by atoms with Crippen molar-refractivity contribution in [3.05, 3.63) is 53.1 Å². The molecule has 0 saturated carbocycles. The van der Waals surface area contributed by atoms with Gasteiger partial charge in [-0.05, 0) is 82.3 Å². The monoisotopic (exact) mass is 397 g/mol. The van der Waals surface area contributed by atoms with E-state index < -0.39 is 5.41 Å². The van der Waals surface area contributed by atoms with Crippen LogP contribution in [0, 0.1) is 26.2 Å². The first-order valence-corrected chi connectivity index (χ1v) is 10.4. The molecule has 0 radical (unpaired) electrons. The molecule has 0 aromatic heterocycles. The molecular formula is C25H35NO3. The second-order valence-electron chi connectivity index (χ2n) is 8.73. The van der Waals surface area contributed by atoms with Gasteiger partial charge in [0.1, 0.15) is 11.5 Å². The number of amides is 1. The van der Waals surface area contributed by atoms with Gasteiger partial charge in [0.2, 0.25) is 5.91 Å². The van der Waals surface area contributed by atoms with Gasteiger partial charge in [0, 0.05) is 5.41 Å². The van der Waals surface area contributed by atoms with Crippen LogP contribution in [0.2, 0.25) is 0 Å². The SMILES string of the molecule is Cc1ccc(C)c(OCCCC(C)(C)C(=O)Nc2ccc(C)cc2OC(C)C)c1. The van der Waals surface area contributed by atoms with Gasteiger partial charge in [0.25, 0.3) is 0 Å². The quantitative estimate of drug-likeness (QED) is 0.511. The van der Waals surface area contributed by atoms with E-state index in [4.69, 9.17) is 9.47 Å². The van der Waals surface area contributed by atoms with E-state index in [0.29, 0.717) is 18.0 Å². The van der Waals surface area contributed by atoms with Gasteiger partial charge in [-0.1, -0.05) is 32.0 Å². The third-order valence-corrected chi connectivity index (χ3v) is 4.91. The Balaban J connectivity index is 1.93. The van der Waals surface area contributed by atoms with Crippen LogP contribution in [0.3, 0.4) is 0 Å². The molecule has 4 heteroatoms. The molecule has 0 aliphatic rings. The molecule has 158 valence electrons. The molecule has 1 amide bonds. The Morgan fingerprint density at radius 3 is 2.28 bits per heavy atom. The van der Waals surface area contributed by atoms with Crippen molar-refractivity contribution in [2.24, 2.45) is 5.41 Å². The van der Waals surface area contributed by atoms with Crippen LogP contribution in [0.4, 0.5) is 5.69 Å². The average Bonchev–Trinajstić information content (AvgIpc) is 2.63. The number of carbonyl (C=O) groups is 1. The lowest BCUT2D eigenvalue weighted by molar-refractivity contribution is -0.124. The topological polar surface area (TPSA) is 47.6 Å². The van der Waals surface area contributed by atoms with Crippen LogP contribution in [-0.2, 0) is 4.79 Å². The first kappa shape index (κ1) is 22.8. The summed E-state index contributed by atoms with van der Waals surface area (Å²) in [7, 11) is 0. The molecule has 1 N–H and O–H groups in total. The second-order valence-corrected chi connectivity index (χ2v) is 8.73. The van der Waals surface area contributed by atoms with Gasteiger partial charge in [-0.2, -0.15) is 0 Å². The Kier molecular flexibility index (Phi) is 7.72. The number of carbonyl (C=O) groups excluding carboxylic acids is 1. The number of ether oxygens (including phenoxy) is 2. The zero-order valence-electron chi connectivity index (χ0n) is 18.9. The normalized spacial score (nSPS) is 11.4. The highest BCUT2D eigenvalue weighted by molar-refractivity contribution is 5.96. The number of aryl methyl sites for hydroxylation is 3. The van der Waals surface area contributed by atoms with Crippen molar-refractivity contribution in [1.82, 2.24) is 0 Å². The van der Waals surface area contributed by atoms with Crippen LogP contribution in [0.5, 0.6) is 11.5 Å². The smallest absolute Gasteiger partial charge is 0.230 e. The van der Waals surface area contributed by atoms with Crippen molar-refractivity contribution in [3.63, 3.8) is 0 Å². The second kappa shape index (κ2) is 9.82. The van der Waals surface area contributed by atoms with Gasteiger partial charge in [0.05, 0.1) is 18.4 Å². The summed E-state index contributed by atoms with van der Waals surface area (Å²) in [6, 6.07) is 12.1. The summed E-state index contributed by atoms with van der Waals surface area (Å²) in [5.74, 6) is 1.62. The zero-order chi connectivity index (χ0) is 21.6. The molecule has 0 unspecified atom stereocenters. The number of benzene rings is 2. The van der Waals surface area contributed by atoms with E-state index in [1.54, 1.807) is 0 Å². The fourth-order valence-electron chi connectivity index (χ4n) is 3.05. The summed E-state index contributed by atoms with van der Waals surface area (Å²) in [6.45, 7) is 14.6. The first-order valence-electron chi connectivity index (χ1n) is 10.4. The summed E-state index contributed by atoms with van der Waals surface area (Å²) in [5.41, 5.74) is 3.62. The maximum absolute atomic E-state index is 12.9. The van der Waals surface area contributed by atoms with E-state index in [-0.39, 0.29) is 12.0 Å². The Morgan fingerprint density at radius 1 is 1.00 bits per heavy atom. The third kappa shape index (κ3) is 6.81. The summed E-state index contributed by atoms with van der Waals surface area (Å²) < 4.78 is 11.8. The van der Waals surface area contributed by atoms with E-state index in [9.17, 15) is 4.79 Å². The molecule has 0 fully saturated rings. The van der Waals surface area contributed by atoms with E-state index in [2.05, 4.69) is 30.4 Å². The minimum atomic E-state index is -0.509. The Hall–Kier alpha value is -2.49. The van der Waals surface area contributed by atoms with Crippen LogP contribution < -0.4 is 14.8 Å². The zero-order valence-corrected chi connectivity index (χ0v) is 18.9. The van der Waals surface area contributed by atoms with Crippen LogP contribution in [-0.4, -0.2) is 18.6 Å². The van der Waals surface area contributed by atoms with Gasteiger partial charge in [-0.25, -0.2) is 0 Å². The highest BCUT2D eigenvalue weighted by atomic mass is 16.5. The number of hydrogen-bond acceptors (Lipinski definition) is 3. The maximum Gasteiger partial charge on any atom is 0.230 e. The lowest BCUT2D eigenvalue weighted by atomic mass is 9.86. The molecule has 0 bridgehead atoms. The molecule has 0 saturated heterocycles. The molecule has 2 aromatic carbocycles. The highest BCUT2D eigenvalue weighted by Crippen LogP contribution is 2.31. The summed E-state index contributed by atoms with van der Waals surface area (Å²) in [5, 5.41) is 3.05. The van der Waals surface area contributed by atoms with Crippen molar-refractivity contribution >= 4 is 11.6 Å². The summed E-state index contributed by atoms with van der Waals surface area (Å²) in [4.78, 5) is 12.9. The largest absolute Gasteiger partial charge is 0.493 e. The predicted molar refractivity (Wildman–Crippen MR) is 120 cm³/mol. The Morgan fingerprint density at radius 2 is 1.62 bits per heavy atom. The van der Waals surface area contributed by atoms with Crippen LogP contribution >= 0.6 is 0 Å². The number of nitrogens with one attached hydrogen (secondary N) is 1. The molecule has 0 aliphatic carbocycles. The minimum Gasteiger partial charge on any atom is -0.493 e. The van der Waals surface area contributed by atoms with Gasteiger partial charge < -0.3 is 14.8 Å². The number of rotatable bonds is 9. The molecule has 0 spiro atoms. The maximum atomic E-state index is 12.9. The molecule has 29 heavy (non-hydrogen) atoms.